The third-order valence-electron chi connectivity index (χ3n) is 3.21. The summed E-state index contributed by atoms with van der Waals surface area (Å²) in [6.07, 6.45) is 0. The molecule has 5 nitrogen and oxygen atoms in total. The van der Waals surface area contributed by atoms with Crippen LogP contribution in [0.2, 0.25) is 0 Å². The molecule has 7 heteroatoms. The number of carbonyl (C=O) groups is 2. The molecule has 1 heterocycles. The molecule has 0 fully saturated rings. The van der Waals surface area contributed by atoms with E-state index in [0.29, 0.717) is 24.3 Å². The van der Waals surface area contributed by atoms with Crippen molar-refractivity contribution in [1.82, 2.24) is 10.2 Å². The first-order valence-corrected chi connectivity index (χ1v) is 9.19. The minimum atomic E-state index is -0.144. The van der Waals surface area contributed by atoms with Crippen LogP contribution in [0.5, 0.6) is 0 Å². The summed E-state index contributed by atoms with van der Waals surface area (Å²) in [4.78, 5) is 27.1. The van der Waals surface area contributed by atoms with E-state index in [2.05, 4.69) is 26.6 Å². The maximum absolute atomic E-state index is 12.2. The van der Waals surface area contributed by atoms with Crippen molar-refractivity contribution in [2.45, 2.75) is 13.5 Å². The predicted molar refractivity (Wildman–Crippen MR) is 101 cm³/mol. The molecule has 0 atom stereocenters. The molecule has 2 amide bonds. The van der Waals surface area contributed by atoms with Gasteiger partial charge in [-0.15, -0.1) is 11.3 Å². The number of carbonyl (C=O) groups excluding carboxylic acids is 2. The van der Waals surface area contributed by atoms with Gasteiger partial charge in [0.25, 0.3) is 5.91 Å². The lowest BCUT2D eigenvalue weighted by Crippen LogP contribution is -2.29. The molecular formula is C17H20BrN3O2S. The van der Waals surface area contributed by atoms with Crippen LogP contribution in [0, 0.1) is 0 Å². The normalized spacial score (nSPS) is 10.7. The van der Waals surface area contributed by atoms with Crippen molar-refractivity contribution in [2.24, 2.45) is 0 Å². The summed E-state index contributed by atoms with van der Waals surface area (Å²) < 4.78 is 1.08. The molecule has 0 unspecified atom stereocenters. The van der Waals surface area contributed by atoms with E-state index >= 15 is 0 Å². The molecule has 128 valence electrons. The van der Waals surface area contributed by atoms with Crippen molar-refractivity contribution in [3.05, 3.63) is 50.6 Å². The van der Waals surface area contributed by atoms with E-state index < -0.39 is 0 Å². The smallest absolute Gasteiger partial charge is 0.251 e. The first-order chi connectivity index (χ1) is 11.5. The van der Waals surface area contributed by atoms with Crippen LogP contribution in [0.4, 0.5) is 5.69 Å². The molecule has 0 spiro atoms. The Morgan fingerprint density at radius 2 is 2.04 bits per heavy atom. The highest BCUT2D eigenvalue weighted by Crippen LogP contribution is 2.22. The van der Waals surface area contributed by atoms with Crippen LogP contribution in [0.15, 0.2) is 40.2 Å². The minimum Gasteiger partial charge on any atom is -0.352 e. The molecule has 1 aromatic carbocycles. The van der Waals surface area contributed by atoms with Crippen molar-refractivity contribution in [1.29, 1.82) is 0 Å². The summed E-state index contributed by atoms with van der Waals surface area (Å²) in [6.45, 7) is 3.42. The maximum Gasteiger partial charge on any atom is 0.251 e. The summed E-state index contributed by atoms with van der Waals surface area (Å²) in [7, 11) is 1.90. The van der Waals surface area contributed by atoms with Gasteiger partial charge in [-0.3, -0.25) is 14.5 Å². The second-order valence-electron chi connectivity index (χ2n) is 5.37. The zero-order chi connectivity index (χ0) is 17.5. The lowest BCUT2D eigenvalue weighted by Gasteiger charge is -2.15. The van der Waals surface area contributed by atoms with Gasteiger partial charge in [0.1, 0.15) is 0 Å². The zero-order valence-electron chi connectivity index (χ0n) is 13.6. The van der Waals surface area contributed by atoms with Crippen LogP contribution >= 0.6 is 27.3 Å². The van der Waals surface area contributed by atoms with E-state index in [1.807, 2.05) is 31.0 Å². The predicted octanol–water partition coefficient (Wildman–Crippen LogP) is 3.33. The van der Waals surface area contributed by atoms with Gasteiger partial charge in [-0.2, -0.15) is 0 Å². The van der Waals surface area contributed by atoms with Gasteiger partial charge in [0.2, 0.25) is 5.91 Å². The summed E-state index contributed by atoms with van der Waals surface area (Å²) in [5.41, 5.74) is 1.16. The highest BCUT2D eigenvalue weighted by Gasteiger charge is 2.10. The molecule has 24 heavy (non-hydrogen) atoms. The second kappa shape index (κ2) is 8.96. The third-order valence-corrected chi connectivity index (χ3v) is 4.82. The van der Waals surface area contributed by atoms with E-state index in [4.69, 9.17) is 0 Å². The highest BCUT2D eigenvalue weighted by molar-refractivity contribution is 9.11. The van der Waals surface area contributed by atoms with Gasteiger partial charge in [0, 0.05) is 29.2 Å². The first kappa shape index (κ1) is 18.6. The van der Waals surface area contributed by atoms with Gasteiger partial charge in [0.05, 0.1) is 10.3 Å². The Morgan fingerprint density at radius 1 is 1.25 bits per heavy atom. The van der Waals surface area contributed by atoms with Crippen LogP contribution in [0.1, 0.15) is 22.2 Å². The molecule has 0 radical (unpaired) electrons. The lowest BCUT2D eigenvalue weighted by atomic mass is 10.2. The van der Waals surface area contributed by atoms with Gasteiger partial charge < -0.3 is 10.6 Å². The number of benzene rings is 1. The number of amides is 2. The van der Waals surface area contributed by atoms with Crippen molar-refractivity contribution in [3.8, 4) is 0 Å². The minimum absolute atomic E-state index is 0.110. The number of hydrogen-bond acceptors (Lipinski definition) is 4. The standard InChI is InChI=1S/C17H20BrN3O2S/c1-3-19-17(23)12-5-4-6-13(9-12)20-16(22)11-21(2)10-14-7-8-15(18)24-14/h4-9H,3,10-11H2,1-2H3,(H,19,23)(H,20,22). The number of nitrogens with zero attached hydrogens (tertiary/aromatic N) is 1. The average Bonchev–Trinajstić information content (AvgIpc) is 2.92. The Labute approximate surface area is 154 Å². The summed E-state index contributed by atoms with van der Waals surface area (Å²) >= 11 is 5.09. The monoisotopic (exact) mass is 409 g/mol. The Bertz CT molecular complexity index is 717. The van der Waals surface area contributed by atoms with E-state index in [-0.39, 0.29) is 18.4 Å². The van der Waals surface area contributed by atoms with Crippen molar-refractivity contribution < 1.29 is 9.59 Å². The second-order valence-corrected chi connectivity index (χ2v) is 7.91. The number of hydrogen-bond donors (Lipinski definition) is 2. The number of halogens is 1. The van der Waals surface area contributed by atoms with Crippen LogP contribution in [-0.4, -0.2) is 36.9 Å². The van der Waals surface area contributed by atoms with Crippen LogP contribution in [0.25, 0.3) is 0 Å². The Kier molecular flexibility index (Phi) is 6.96. The Balaban J connectivity index is 1.89. The number of nitrogens with one attached hydrogen (secondary N) is 2. The third kappa shape index (κ3) is 5.74. The van der Waals surface area contributed by atoms with Crippen molar-refractivity contribution >= 4 is 44.8 Å². The fourth-order valence-corrected chi connectivity index (χ4v) is 3.77. The zero-order valence-corrected chi connectivity index (χ0v) is 16.0. The topological polar surface area (TPSA) is 61.4 Å². The Hall–Kier alpha value is -1.70. The molecule has 2 aromatic rings. The van der Waals surface area contributed by atoms with Crippen LogP contribution in [-0.2, 0) is 11.3 Å². The molecule has 0 bridgehead atoms. The van der Waals surface area contributed by atoms with Gasteiger partial charge in [-0.25, -0.2) is 0 Å². The van der Waals surface area contributed by atoms with E-state index in [1.165, 1.54) is 4.88 Å². The maximum atomic E-state index is 12.2. The average molecular weight is 410 g/mol. The summed E-state index contributed by atoms with van der Waals surface area (Å²) in [5, 5.41) is 5.58. The Morgan fingerprint density at radius 3 is 2.71 bits per heavy atom. The summed E-state index contributed by atoms with van der Waals surface area (Å²) in [5.74, 6) is -0.254. The molecule has 0 saturated heterocycles. The van der Waals surface area contributed by atoms with Crippen molar-refractivity contribution in [3.63, 3.8) is 0 Å². The van der Waals surface area contributed by atoms with Gasteiger partial charge in [-0.1, -0.05) is 6.07 Å². The molecule has 0 saturated carbocycles. The van der Waals surface area contributed by atoms with E-state index in [9.17, 15) is 9.59 Å². The van der Waals surface area contributed by atoms with E-state index in [0.717, 1.165) is 3.79 Å². The number of anilines is 1. The SMILES string of the molecule is CCNC(=O)c1cccc(NC(=O)CN(C)Cc2ccc(Br)s2)c1. The number of thiophene rings is 1. The molecular weight excluding hydrogens is 390 g/mol. The van der Waals surface area contributed by atoms with E-state index in [1.54, 1.807) is 35.6 Å². The molecule has 0 aliphatic carbocycles. The highest BCUT2D eigenvalue weighted by atomic mass is 79.9. The first-order valence-electron chi connectivity index (χ1n) is 7.58. The molecule has 2 N–H and O–H groups in total. The van der Waals surface area contributed by atoms with Gasteiger partial charge in [0.15, 0.2) is 0 Å². The fourth-order valence-electron chi connectivity index (χ4n) is 2.21. The lowest BCUT2D eigenvalue weighted by molar-refractivity contribution is -0.117. The fraction of sp³-hybridized carbons (Fsp3) is 0.294. The van der Waals surface area contributed by atoms with Crippen LogP contribution < -0.4 is 10.6 Å². The molecule has 1 aromatic heterocycles. The van der Waals surface area contributed by atoms with Gasteiger partial charge >= 0.3 is 0 Å². The molecule has 2 rings (SSSR count). The number of likely N-dealkylation sites (N-methyl/N-ethyl adjacent to an activating group) is 1. The largest absolute Gasteiger partial charge is 0.352 e. The molecule has 0 aliphatic heterocycles. The molecule has 0 aliphatic rings. The van der Waals surface area contributed by atoms with Crippen molar-refractivity contribution in [2.75, 3.05) is 25.5 Å². The quantitative estimate of drug-likeness (QED) is 0.736. The van der Waals surface area contributed by atoms with Crippen LogP contribution in [0.3, 0.4) is 0 Å². The summed E-state index contributed by atoms with van der Waals surface area (Å²) in [6, 6.07) is 11.0. The van der Waals surface area contributed by atoms with Gasteiger partial charge in [-0.05, 0) is 60.2 Å². The number of rotatable bonds is 7.